The van der Waals surface area contributed by atoms with Gasteiger partial charge in [-0.2, -0.15) is 0 Å². The van der Waals surface area contributed by atoms with Crippen LogP contribution in [0, 0.1) is 0 Å². The van der Waals surface area contributed by atoms with Gasteiger partial charge in [-0.15, -0.1) is 0 Å². The Morgan fingerprint density at radius 2 is 1.88 bits per heavy atom. The highest BCUT2D eigenvalue weighted by molar-refractivity contribution is 8.16. The molecule has 3 nitrogen and oxygen atoms in total. The predicted molar refractivity (Wildman–Crippen MR) is 101 cm³/mol. The SMILES string of the molecule is CC(=O)C1=C(C)N=C2SC=C(C)N2C1c1ccc2ccccc2c1. The number of benzene rings is 2. The number of rotatable bonds is 2. The van der Waals surface area contributed by atoms with Crippen LogP contribution in [0.25, 0.3) is 10.8 Å². The van der Waals surface area contributed by atoms with Crippen molar-refractivity contribution in [3.8, 4) is 0 Å². The summed E-state index contributed by atoms with van der Waals surface area (Å²) in [5.74, 6) is 0.0816. The molecule has 0 amide bonds. The maximum absolute atomic E-state index is 12.4. The number of allylic oxidation sites excluding steroid dienone is 2. The number of ketones is 1. The van der Waals surface area contributed by atoms with E-state index in [9.17, 15) is 4.79 Å². The zero-order chi connectivity index (χ0) is 16.8. The van der Waals surface area contributed by atoms with E-state index < -0.39 is 0 Å². The van der Waals surface area contributed by atoms with Crippen molar-refractivity contribution in [1.29, 1.82) is 0 Å². The molecule has 4 heteroatoms. The van der Waals surface area contributed by atoms with Crippen LogP contribution in [0.3, 0.4) is 0 Å². The first-order valence-corrected chi connectivity index (χ1v) is 8.86. The van der Waals surface area contributed by atoms with Gasteiger partial charge < -0.3 is 4.90 Å². The smallest absolute Gasteiger partial charge is 0.173 e. The van der Waals surface area contributed by atoms with Gasteiger partial charge in [0.2, 0.25) is 0 Å². The first kappa shape index (κ1) is 15.2. The highest BCUT2D eigenvalue weighted by atomic mass is 32.2. The molecule has 0 spiro atoms. The summed E-state index contributed by atoms with van der Waals surface area (Å²) in [7, 11) is 0. The van der Waals surface area contributed by atoms with E-state index in [1.165, 1.54) is 10.8 Å². The van der Waals surface area contributed by atoms with Crippen molar-refractivity contribution in [2.45, 2.75) is 26.8 Å². The second-order valence-electron chi connectivity index (χ2n) is 6.21. The van der Waals surface area contributed by atoms with Crippen molar-refractivity contribution >= 4 is 33.5 Å². The molecule has 1 atom stereocenters. The third kappa shape index (κ3) is 2.29. The number of hydrogen-bond donors (Lipinski definition) is 0. The van der Waals surface area contributed by atoms with Crippen LogP contribution < -0.4 is 0 Å². The summed E-state index contributed by atoms with van der Waals surface area (Å²) in [5.41, 5.74) is 3.86. The summed E-state index contributed by atoms with van der Waals surface area (Å²) in [6.07, 6.45) is 0. The summed E-state index contributed by atoms with van der Waals surface area (Å²) >= 11 is 1.62. The third-order valence-corrected chi connectivity index (χ3v) is 5.53. The van der Waals surface area contributed by atoms with Gasteiger partial charge >= 0.3 is 0 Å². The van der Waals surface area contributed by atoms with Crippen molar-refractivity contribution in [2.24, 2.45) is 4.99 Å². The van der Waals surface area contributed by atoms with E-state index in [0.29, 0.717) is 0 Å². The molecule has 2 aromatic carbocycles. The molecule has 0 aromatic heterocycles. The minimum Gasteiger partial charge on any atom is -0.312 e. The lowest BCUT2D eigenvalue weighted by molar-refractivity contribution is -0.114. The fraction of sp³-hybridized carbons (Fsp3) is 0.200. The molecule has 0 saturated carbocycles. The fourth-order valence-electron chi connectivity index (χ4n) is 3.47. The molecule has 2 heterocycles. The van der Waals surface area contributed by atoms with Gasteiger partial charge in [0, 0.05) is 17.0 Å². The number of carbonyl (C=O) groups is 1. The van der Waals surface area contributed by atoms with E-state index in [1.807, 2.05) is 19.1 Å². The number of thioether (sulfide) groups is 1. The van der Waals surface area contributed by atoms with Crippen LogP contribution in [0.4, 0.5) is 0 Å². The first-order chi connectivity index (χ1) is 11.6. The third-order valence-electron chi connectivity index (χ3n) is 4.57. The van der Waals surface area contributed by atoms with Crippen molar-refractivity contribution in [3.63, 3.8) is 0 Å². The summed E-state index contributed by atoms with van der Waals surface area (Å²) in [4.78, 5) is 19.2. The van der Waals surface area contributed by atoms with E-state index in [1.54, 1.807) is 18.7 Å². The van der Waals surface area contributed by atoms with Gasteiger partial charge in [0.1, 0.15) is 0 Å². The molecule has 0 radical (unpaired) electrons. The number of hydrogen-bond acceptors (Lipinski definition) is 4. The fourth-order valence-corrected chi connectivity index (χ4v) is 4.41. The molecule has 2 aliphatic heterocycles. The summed E-state index contributed by atoms with van der Waals surface area (Å²) in [6.45, 7) is 5.64. The molecular formula is C20H18N2OS. The minimum atomic E-state index is -0.106. The van der Waals surface area contributed by atoms with Crippen molar-refractivity contribution < 1.29 is 4.79 Å². The van der Waals surface area contributed by atoms with Crippen molar-refractivity contribution in [1.82, 2.24) is 4.90 Å². The second-order valence-corrected chi connectivity index (χ2v) is 7.04. The van der Waals surface area contributed by atoms with Crippen LogP contribution in [0.15, 0.2) is 69.8 Å². The average Bonchev–Trinajstić information content (AvgIpc) is 2.93. The molecule has 4 rings (SSSR count). The molecule has 2 aliphatic rings. The summed E-state index contributed by atoms with van der Waals surface area (Å²) in [5, 5.41) is 5.45. The van der Waals surface area contributed by atoms with Crippen LogP contribution in [0.2, 0.25) is 0 Å². The number of aliphatic imine (C=N–C) groups is 1. The maximum atomic E-state index is 12.4. The molecule has 0 N–H and O–H groups in total. The Balaban J connectivity index is 1.92. The van der Waals surface area contributed by atoms with Gasteiger partial charge in [0.15, 0.2) is 11.0 Å². The van der Waals surface area contributed by atoms with Gasteiger partial charge in [0.05, 0.1) is 6.04 Å². The molecule has 1 unspecified atom stereocenters. The largest absolute Gasteiger partial charge is 0.312 e. The van der Waals surface area contributed by atoms with Gasteiger partial charge in [-0.1, -0.05) is 48.2 Å². The van der Waals surface area contributed by atoms with Crippen LogP contribution in [-0.2, 0) is 4.79 Å². The normalized spacial score (nSPS) is 20.1. The van der Waals surface area contributed by atoms with Gasteiger partial charge in [-0.3, -0.25) is 4.79 Å². The van der Waals surface area contributed by atoms with Crippen LogP contribution in [0.5, 0.6) is 0 Å². The lowest BCUT2D eigenvalue weighted by Gasteiger charge is -2.35. The Kier molecular flexibility index (Phi) is 3.57. The summed E-state index contributed by atoms with van der Waals surface area (Å²) in [6, 6.07) is 14.7. The van der Waals surface area contributed by atoms with E-state index in [0.717, 1.165) is 27.7 Å². The van der Waals surface area contributed by atoms with Crippen LogP contribution in [-0.4, -0.2) is 15.9 Å². The zero-order valence-electron chi connectivity index (χ0n) is 13.9. The number of Topliss-reactive ketones (excluding diaryl/α,β-unsaturated/α-hetero) is 1. The number of fused-ring (bicyclic) bond motifs is 2. The predicted octanol–water partition coefficient (Wildman–Crippen LogP) is 5.02. The van der Waals surface area contributed by atoms with E-state index >= 15 is 0 Å². The molecule has 24 heavy (non-hydrogen) atoms. The Morgan fingerprint density at radius 3 is 2.62 bits per heavy atom. The van der Waals surface area contributed by atoms with Crippen LogP contribution in [0.1, 0.15) is 32.4 Å². The van der Waals surface area contributed by atoms with Gasteiger partial charge in [-0.05, 0) is 48.6 Å². The Morgan fingerprint density at radius 1 is 1.12 bits per heavy atom. The number of amidine groups is 1. The minimum absolute atomic E-state index is 0.0816. The molecule has 0 fully saturated rings. The maximum Gasteiger partial charge on any atom is 0.173 e. The van der Waals surface area contributed by atoms with Crippen molar-refractivity contribution in [3.05, 3.63) is 70.4 Å². The molecule has 0 saturated heterocycles. The lowest BCUT2D eigenvalue weighted by Crippen LogP contribution is -2.35. The molecule has 0 aliphatic carbocycles. The molecule has 0 bridgehead atoms. The lowest BCUT2D eigenvalue weighted by atomic mass is 9.90. The van der Waals surface area contributed by atoms with E-state index in [4.69, 9.17) is 0 Å². The van der Waals surface area contributed by atoms with Gasteiger partial charge in [-0.25, -0.2) is 4.99 Å². The average molecular weight is 334 g/mol. The number of carbonyl (C=O) groups excluding carboxylic acids is 1. The standard InChI is InChI=1S/C20H18N2OS/c1-12-11-24-20-21-13(2)18(14(3)23)19(22(12)20)17-9-8-15-6-4-5-7-16(15)10-17/h4-11,19H,1-3H3. The second kappa shape index (κ2) is 5.64. The van der Waals surface area contributed by atoms with Gasteiger partial charge in [0.25, 0.3) is 0 Å². The van der Waals surface area contributed by atoms with E-state index in [-0.39, 0.29) is 11.8 Å². The molecule has 120 valence electrons. The topological polar surface area (TPSA) is 32.7 Å². The highest BCUT2D eigenvalue weighted by Gasteiger charge is 2.37. The van der Waals surface area contributed by atoms with E-state index in [2.05, 4.69) is 52.6 Å². The quantitative estimate of drug-likeness (QED) is 0.773. The monoisotopic (exact) mass is 334 g/mol. The Labute approximate surface area is 145 Å². The Bertz CT molecular complexity index is 955. The molecular weight excluding hydrogens is 316 g/mol. The highest BCUT2D eigenvalue weighted by Crippen LogP contribution is 2.44. The molecule has 2 aromatic rings. The Hall–Kier alpha value is -2.33. The number of nitrogens with zero attached hydrogens (tertiary/aromatic N) is 2. The van der Waals surface area contributed by atoms with Crippen molar-refractivity contribution in [2.75, 3.05) is 0 Å². The van der Waals surface area contributed by atoms with Crippen LogP contribution >= 0.6 is 11.8 Å². The first-order valence-electron chi connectivity index (χ1n) is 7.98. The zero-order valence-corrected chi connectivity index (χ0v) is 14.7. The summed E-state index contributed by atoms with van der Waals surface area (Å²) < 4.78 is 0.